The van der Waals surface area contributed by atoms with Gasteiger partial charge >= 0.3 is 0 Å². The minimum absolute atomic E-state index is 0.293. The average Bonchev–Trinajstić information content (AvgIpc) is 2.42. The number of hydrogen-bond acceptors (Lipinski definition) is 3. The minimum atomic E-state index is -0.293. The first-order chi connectivity index (χ1) is 9.20. The van der Waals surface area contributed by atoms with Crippen LogP contribution in [0.5, 0.6) is 5.88 Å². The van der Waals surface area contributed by atoms with E-state index in [1.807, 2.05) is 13.0 Å². The van der Waals surface area contributed by atoms with E-state index in [1.165, 1.54) is 12.1 Å². The van der Waals surface area contributed by atoms with Crippen LogP contribution in [0.1, 0.15) is 12.5 Å². The Morgan fingerprint density at radius 1 is 1.37 bits per heavy atom. The maximum atomic E-state index is 13.6. The van der Waals surface area contributed by atoms with Crippen molar-refractivity contribution in [1.82, 2.24) is 4.98 Å². The molecular weight excluding hydrogens is 267 g/mol. The van der Waals surface area contributed by atoms with Gasteiger partial charge in [0.2, 0.25) is 5.88 Å². The summed E-state index contributed by atoms with van der Waals surface area (Å²) in [5.74, 6) is 0.214. The predicted molar refractivity (Wildman–Crippen MR) is 74.1 cm³/mol. The number of pyridine rings is 1. The SMILES string of the molecule is CCOc1ncccc1NCc1cc(Cl)ccc1F. The molecule has 0 aliphatic carbocycles. The molecule has 19 heavy (non-hydrogen) atoms. The van der Waals surface area contributed by atoms with Crippen molar-refractivity contribution in [3.63, 3.8) is 0 Å². The maximum Gasteiger partial charge on any atom is 0.237 e. The highest BCUT2D eigenvalue weighted by Crippen LogP contribution is 2.22. The highest BCUT2D eigenvalue weighted by Gasteiger charge is 2.06. The third-order valence-corrected chi connectivity index (χ3v) is 2.76. The topological polar surface area (TPSA) is 34.1 Å². The zero-order valence-electron chi connectivity index (χ0n) is 10.5. The van der Waals surface area contributed by atoms with E-state index in [4.69, 9.17) is 16.3 Å². The summed E-state index contributed by atoms with van der Waals surface area (Å²) in [6.07, 6.45) is 1.65. The predicted octanol–water partition coefficient (Wildman–Crippen LogP) is 3.88. The Bertz CT molecular complexity index is 563. The highest BCUT2D eigenvalue weighted by molar-refractivity contribution is 6.30. The third-order valence-electron chi connectivity index (χ3n) is 2.53. The summed E-state index contributed by atoms with van der Waals surface area (Å²) in [5.41, 5.74) is 1.22. The highest BCUT2D eigenvalue weighted by atomic mass is 35.5. The van der Waals surface area contributed by atoms with E-state index in [-0.39, 0.29) is 5.82 Å². The average molecular weight is 281 g/mol. The number of ether oxygens (including phenoxy) is 1. The van der Waals surface area contributed by atoms with Gasteiger partial charge in [0.1, 0.15) is 5.82 Å². The van der Waals surface area contributed by atoms with Gasteiger partial charge in [-0.1, -0.05) is 11.6 Å². The fourth-order valence-electron chi connectivity index (χ4n) is 1.65. The zero-order valence-corrected chi connectivity index (χ0v) is 11.2. The van der Waals surface area contributed by atoms with Gasteiger partial charge < -0.3 is 10.1 Å². The lowest BCUT2D eigenvalue weighted by atomic mass is 10.2. The Morgan fingerprint density at radius 3 is 3.00 bits per heavy atom. The van der Waals surface area contributed by atoms with E-state index < -0.39 is 0 Å². The summed E-state index contributed by atoms with van der Waals surface area (Å²) in [5, 5.41) is 3.60. The van der Waals surface area contributed by atoms with Crippen LogP contribution in [0.4, 0.5) is 10.1 Å². The van der Waals surface area contributed by atoms with Crippen molar-refractivity contribution in [3.8, 4) is 5.88 Å². The molecule has 2 aromatic rings. The Hall–Kier alpha value is -1.81. The third kappa shape index (κ3) is 3.58. The van der Waals surface area contributed by atoms with Crippen molar-refractivity contribution in [2.24, 2.45) is 0 Å². The van der Waals surface area contributed by atoms with Gasteiger partial charge in [0.05, 0.1) is 12.3 Å². The number of hydrogen-bond donors (Lipinski definition) is 1. The lowest BCUT2D eigenvalue weighted by Gasteiger charge is -2.11. The van der Waals surface area contributed by atoms with Gasteiger partial charge in [-0.15, -0.1) is 0 Å². The number of aromatic nitrogens is 1. The number of benzene rings is 1. The molecule has 100 valence electrons. The van der Waals surface area contributed by atoms with Crippen LogP contribution in [0.15, 0.2) is 36.5 Å². The summed E-state index contributed by atoms with van der Waals surface area (Å²) in [6.45, 7) is 2.73. The van der Waals surface area contributed by atoms with Gasteiger partial charge in [0, 0.05) is 23.3 Å². The molecule has 0 aliphatic heterocycles. The first-order valence-corrected chi connectivity index (χ1v) is 6.34. The van der Waals surface area contributed by atoms with Crippen LogP contribution in [-0.4, -0.2) is 11.6 Å². The molecule has 1 heterocycles. The molecule has 2 rings (SSSR count). The normalized spacial score (nSPS) is 10.3. The lowest BCUT2D eigenvalue weighted by molar-refractivity contribution is 0.328. The van der Waals surface area contributed by atoms with Crippen LogP contribution < -0.4 is 10.1 Å². The van der Waals surface area contributed by atoms with E-state index in [0.717, 1.165) is 5.69 Å². The molecule has 0 amide bonds. The van der Waals surface area contributed by atoms with E-state index in [0.29, 0.717) is 29.6 Å². The fraction of sp³-hybridized carbons (Fsp3) is 0.214. The maximum absolute atomic E-state index is 13.6. The van der Waals surface area contributed by atoms with Crippen LogP contribution in [0.2, 0.25) is 5.02 Å². The van der Waals surface area contributed by atoms with Gasteiger partial charge in [-0.3, -0.25) is 0 Å². The molecule has 0 aliphatic rings. The number of halogens is 2. The summed E-state index contributed by atoms with van der Waals surface area (Å²) in [7, 11) is 0. The molecule has 5 heteroatoms. The van der Waals surface area contributed by atoms with Crippen LogP contribution in [-0.2, 0) is 6.54 Å². The van der Waals surface area contributed by atoms with Crippen LogP contribution in [0, 0.1) is 5.82 Å². The van der Waals surface area contributed by atoms with Gasteiger partial charge in [-0.05, 0) is 37.3 Å². The van der Waals surface area contributed by atoms with E-state index in [2.05, 4.69) is 10.3 Å². The van der Waals surface area contributed by atoms with Crippen molar-refractivity contribution in [3.05, 3.63) is 52.9 Å². The summed E-state index contributed by atoms with van der Waals surface area (Å²) < 4.78 is 19.0. The zero-order chi connectivity index (χ0) is 13.7. The molecule has 0 saturated carbocycles. The van der Waals surface area contributed by atoms with Crippen LogP contribution >= 0.6 is 11.6 Å². The lowest BCUT2D eigenvalue weighted by Crippen LogP contribution is -2.05. The molecule has 3 nitrogen and oxygen atoms in total. The van der Waals surface area contributed by atoms with Crippen molar-refractivity contribution in [1.29, 1.82) is 0 Å². The van der Waals surface area contributed by atoms with E-state index >= 15 is 0 Å². The summed E-state index contributed by atoms with van der Waals surface area (Å²) in [4.78, 5) is 4.12. The molecule has 0 fully saturated rings. The molecule has 1 aromatic heterocycles. The Morgan fingerprint density at radius 2 is 2.21 bits per heavy atom. The van der Waals surface area contributed by atoms with Crippen LogP contribution in [0.3, 0.4) is 0 Å². The van der Waals surface area contributed by atoms with Crippen molar-refractivity contribution in [2.45, 2.75) is 13.5 Å². The molecule has 0 radical (unpaired) electrons. The van der Waals surface area contributed by atoms with Gasteiger partial charge in [-0.25, -0.2) is 9.37 Å². The van der Waals surface area contributed by atoms with Gasteiger partial charge in [0.15, 0.2) is 0 Å². The van der Waals surface area contributed by atoms with Crippen molar-refractivity contribution >= 4 is 17.3 Å². The summed E-state index contributed by atoms with van der Waals surface area (Å²) in [6, 6.07) is 8.10. The van der Waals surface area contributed by atoms with Gasteiger partial charge in [0.25, 0.3) is 0 Å². The van der Waals surface area contributed by atoms with Crippen molar-refractivity contribution < 1.29 is 9.13 Å². The largest absolute Gasteiger partial charge is 0.476 e. The monoisotopic (exact) mass is 280 g/mol. The molecule has 0 atom stereocenters. The second-order valence-electron chi connectivity index (χ2n) is 3.88. The second kappa shape index (κ2) is 6.38. The Labute approximate surface area is 116 Å². The van der Waals surface area contributed by atoms with Gasteiger partial charge in [-0.2, -0.15) is 0 Å². The first kappa shape index (κ1) is 13.6. The number of anilines is 1. The molecule has 0 bridgehead atoms. The molecule has 0 saturated heterocycles. The number of rotatable bonds is 5. The molecule has 0 unspecified atom stereocenters. The smallest absolute Gasteiger partial charge is 0.237 e. The summed E-state index contributed by atoms with van der Waals surface area (Å²) >= 11 is 5.85. The second-order valence-corrected chi connectivity index (χ2v) is 4.31. The number of nitrogens with zero attached hydrogens (tertiary/aromatic N) is 1. The first-order valence-electron chi connectivity index (χ1n) is 5.96. The minimum Gasteiger partial charge on any atom is -0.476 e. The molecule has 1 N–H and O–H groups in total. The van der Waals surface area contributed by atoms with Crippen LogP contribution in [0.25, 0.3) is 0 Å². The fourth-order valence-corrected chi connectivity index (χ4v) is 1.84. The molecule has 0 spiro atoms. The standard InChI is InChI=1S/C14H14ClFN2O/c1-2-19-14-13(4-3-7-17-14)18-9-10-8-11(15)5-6-12(10)16/h3-8,18H,2,9H2,1H3. The Balaban J connectivity index is 2.12. The quantitative estimate of drug-likeness (QED) is 0.902. The Kier molecular flexibility index (Phi) is 4.58. The van der Waals surface area contributed by atoms with E-state index in [1.54, 1.807) is 18.3 Å². The van der Waals surface area contributed by atoms with E-state index in [9.17, 15) is 4.39 Å². The molecule has 1 aromatic carbocycles. The molecular formula is C14H14ClFN2O. The number of nitrogens with one attached hydrogen (secondary N) is 1. The van der Waals surface area contributed by atoms with Crippen molar-refractivity contribution in [2.75, 3.05) is 11.9 Å².